The van der Waals surface area contributed by atoms with Crippen LogP contribution in [0.15, 0.2) is 92.6 Å². The van der Waals surface area contributed by atoms with E-state index in [9.17, 15) is 14.4 Å². The molecule has 41 heavy (non-hydrogen) atoms. The number of halogens is 1. The number of carbonyl (C=O) groups is 2. The molecule has 0 bridgehead atoms. The topological polar surface area (TPSA) is 96.2 Å². The fraction of sp³-hybridized carbons (Fsp3) is 0.161. The molecule has 208 valence electrons. The van der Waals surface area contributed by atoms with Crippen LogP contribution in [0.5, 0.6) is 11.5 Å². The van der Waals surface area contributed by atoms with Gasteiger partial charge in [-0.25, -0.2) is 9.79 Å². The van der Waals surface area contributed by atoms with Crippen LogP contribution in [0.3, 0.4) is 0 Å². The van der Waals surface area contributed by atoms with Crippen molar-refractivity contribution in [2.24, 2.45) is 4.99 Å². The summed E-state index contributed by atoms with van der Waals surface area (Å²) in [5.74, 6) is -0.0253. The molecule has 0 aliphatic carbocycles. The Balaban J connectivity index is 1.77. The van der Waals surface area contributed by atoms with Gasteiger partial charge in [-0.2, -0.15) is 0 Å². The third-order valence-electron chi connectivity index (χ3n) is 6.29. The first kappa shape index (κ1) is 28.3. The molecular weight excluding hydrogens is 608 g/mol. The second-order valence-corrected chi connectivity index (χ2v) is 10.9. The molecule has 1 aliphatic heterocycles. The van der Waals surface area contributed by atoms with Crippen LogP contribution in [0.4, 0.5) is 0 Å². The van der Waals surface area contributed by atoms with Crippen LogP contribution < -0.4 is 24.4 Å². The number of benzene rings is 3. The van der Waals surface area contributed by atoms with E-state index in [0.29, 0.717) is 42.1 Å². The number of methoxy groups -OCH3 is 1. The van der Waals surface area contributed by atoms with E-state index in [2.05, 4.69) is 15.9 Å². The highest BCUT2D eigenvalue weighted by Gasteiger charge is 2.35. The van der Waals surface area contributed by atoms with Crippen molar-refractivity contribution in [1.82, 2.24) is 4.57 Å². The van der Waals surface area contributed by atoms with Gasteiger partial charge >= 0.3 is 11.9 Å². The summed E-state index contributed by atoms with van der Waals surface area (Å²) in [5.41, 5.74) is 2.51. The highest BCUT2D eigenvalue weighted by molar-refractivity contribution is 9.10. The minimum absolute atomic E-state index is 0.165. The second kappa shape index (κ2) is 12.1. The summed E-state index contributed by atoms with van der Waals surface area (Å²) in [6, 6.07) is 21.0. The van der Waals surface area contributed by atoms with Gasteiger partial charge < -0.3 is 14.2 Å². The van der Waals surface area contributed by atoms with Gasteiger partial charge in [-0.15, -0.1) is 0 Å². The van der Waals surface area contributed by atoms with Crippen molar-refractivity contribution < 1.29 is 23.8 Å². The van der Waals surface area contributed by atoms with Gasteiger partial charge in [0.1, 0.15) is 11.5 Å². The summed E-state index contributed by atoms with van der Waals surface area (Å²) < 4.78 is 18.7. The number of carbonyl (C=O) groups excluding carboxylic acids is 2. The first-order chi connectivity index (χ1) is 19.8. The number of aromatic nitrogens is 1. The highest BCUT2D eigenvalue weighted by atomic mass is 79.9. The molecule has 0 amide bonds. The zero-order chi connectivity index (χ0) is 29.1. The van der Waals surface area contributed by atoms with E-state index in [0.717, 1.165) is 5.56 Å². The van der Waals surface area contributed by atoms with E-state index in [1.165, 1.54) is 22.8 Å². The number of fused-ring (bicyclic) bond motifs is 1. The first-order valence-electron chi connectivity index (χ1n) is 12.7. The van der Waals surface area contributed by atoms with E-state index in [1.807, 2.05) is 42.5 Å². The van der Waals surface area contributed by atoms with Crippen molar-refractivity contribution in [3.8, 4) is 11.5 Å². The lowest BCUT2D eigenvalue weighted by Gasteiger charge is -2.26. The Morgan fingerprint density at radius 2 is 1.85 bits per heavy atom. The molecule has 0 saturated carbocycles. The molecule has 0 saturated heterocycles. The summed E-state index contributed by atoms with van der Waals surface area (Å²) in [6.45, 7) is 3.23. The van der Waals surface area contributed by atoms with Crippen LogP contribution in [-0.2, 0) is 14.3 Å². The first-order valence-corrected chi connectivity index (χ1v) is 14.3. The maximum absolute atomic E-state index is 14.0. The van der Waals surface area contributed by atoms with Gasteiger partial charge in [-0.3, -0.25) is 14.2 Å². The number of hydrogen-bond acceptors (Lipinski definition) is 8. The number of esters is 2. The molecule has 0 fully saturated rings. The van der Waals surface area contributed by atoms with Crippen LogP contribution in [-0.4, -0.2) is 30.2 Å². The van der Waals surface area contributed by atoms with Gasteiger partial charge in [0.05, 0.1) is 40.0 Å². The highest BCUT2D eigenvalue weighted by Crippen LogP contribution is 2.36. The maximum Gasteiger partial charge on any atom is 0.338 e. The predicted octanol–water partition coefficient (Wildman–Crippen LogP) is 4.63. The Morgan fingerprint density at radius 1 is 1.07 bits per heavy atom. The van der Waals surface area contributed by atoms with Gasteiger partial charge in [0.2, 0.25) is 0 Å². The standard InChI is InChI=1S/C31H25BrN2O6S/c1-4-39-30(37)26-27(20-9-6-5-7-10-20)33-31-34(28(26)21-11-8-12-22(17-21)38-3)29(36)25(41-31)16-19-13-14-24(23(32)15-19)40-18(2)35/h5-17,28H,4H2,1-3H3/b25-16-/t28-/m1/s1. The predicted molar refractivity (Wildman–Crippen MR) is 160 cm³/mol. The quantitative estimate of drug-likeness (QED) is 0.218. The molecule has 0 spiro atoms. The Morgan fingerprint density at radius 3 is 2.54 bits per heavy atom. The summed E-state index contributed by atoms with van der Waals surface area (Å²) in [5, 5.41) is 0. The lowest BCUT2D eigenvalue weighted by Crippen LogP contribution is -2.40. The fourth-order valence-corrected chi connectivity index (χ4v) is 6.04. The molecular formula is C31H25BrN2O6S. The van der Waals surface area contributed by atoms with Crippen LogP contribution in [0.2, 0.25) is 0 Å². The molecule has 3 aromatic carbocycles. The normalized spacial score (nSPS) is 14.7. The van der Waals surface area contributed by atoms with Crippen LogP contribution in [0.1, 0.15) is 36.6 Å². The molecule has 4 aromatic rings. The molecule has 1 aliphatic rings. The molecule has 8 nitrogen and oxygen atoms in total. The van der Waals surface area contributed by atoms with Crippen molar-refractivity contribution in [2.75, 3.05) is 13.7 Å². The lowest BCUT2D eigenvalue weighted by atomic mass is 9.93. The number of nitrogens with zero attached hydrogens (tertiary/aromatic N) is 2. The summed E-state index contributed by atoms with van der Waals surface area (Å²) in [4.78, 5) is 44.2. The number of ether oxygens (including phenoxy) is 3. The summed E-state index contributed by atoms with van der Waals surface area (Å²) in [6.07, 6.45) is 1.74. The van der Waals surface area contributed by atoms with Crippen molar-refractivity contribution in [2.45, 2.75) is 19.9 Å². The van der Waals surface area contributed by atoms with E-state index in [1.54, 1.807) is 50.4 Å². The molecule has 0 N–H and O–H groups in total. The van der Waals surface area contributed by atoms with E-state index in [-0.39, 0.29) is 17.7 Å². The lowest BCUT2D eigenvalue weighted by molar-refractivity contribution is -0.139. The number of rotatable bonds is 7. The van der Waals surface area contributed by atoms with Crippen LogP contribution >= 0.6 is 27.3 Å². The van der Waals surface area contributed by atoms with Crippen LogP contribution in [0.25, 0.3) is 11.8 Å². The minimum atomic E-state index is -0.809. The number of hydrogen-bond donors (Lipinski definition) is 0. The van der Waals surface area contributed by atoms with Crippen molar-refractivity contribution >= 4 is 51.0 Å². The van der Waals surface area contributed by atoms with Crippen molar-refractivity contribution in [3.63, 3.8) is 0 Å². The van der Waals surface area contributed by atoms with Gasteiger partial charge in [0.15, 0.2) is 4.80 Å². The SMILES string of the molecule is CCOC(=O)C1=C(c2ccccc2)N=c2s/c(=C\c3ccc(OC(C)=O)c(Br)c3)c(=O)n2[C@@H]1c1cccc(OC)c1. The van der Waals surface area contributed by atoms with Gasteiger partial charge in [0.25, 0.3) is 5.56 Å². The average Bonchev–Trinajstić information content (AvgIpc) is 3.28. The number of thiazole rings is 1. The summed E-state index contributed by atoms with van der Waals surface area (Å²) >= 11 is 4.65. The van der Waals surface area contributed by atoms with Crippen LogP contribution in [0, 0.1) is 0 Å². The van der Waals surface area contributed by atoms with Gasteiger partial charge in [0, 0.05) is 12.5 Å². The Kier molecular flexibility index (Phi) is 8.32. The maximum atomic E-state index is 14.0. The molecule has 0 unspecified atom stereocenters. The van der Waals surface area contributed by atoms with Crippen molar-refractivity contribution in [1.29, 1.82) is 0 Å². The Hall–Kier alpha value is -4.28. The third kappa shape index (κ3) is 5.79. The Labute approximate surface area is 248 Å². The minimum Gasteiger partial charge on any atom is -0.497 e. The second-order valence-electron chi connectivity index (χ2n) is 8.99. The van der Waals surface area contributed by atoms with E-state index >= 15 is 0 Å². The monoisotopic (exact) mass is 632 g/mol. The molecule has 1 aromatic heterocycles. The molecule has 5 rings (SSSR count). The molecule has 1 atom stereocenters. The molecule has 2 heterocycles. The smallest absolute Gasteiger partial charge is 0.338 e. The zero-order valence-corrected chi connectivity index (χ0v) is 24.8. The van der Waals surface area contributed by atoms with E-state index < -0.39 is 18.0 Å². The van der Waals surface area contributed by atoms with Gasteiger partial charge in [-0.1, -0.05) is 59.9 Å². The molecule has 0 radical (unpaired) electrons. The Bertz CT molecular complexity index is 1860. The molecule has 10 heteroatoms. The summed E-state index contributed by atoms with van der Waals surface area (Å²) in [7, 11) is 1.56. The largest absolute Gasteiger partial charge is 0.497 e. The van der Waals surface area contributed by atoms with E-state index in [4.69, 9.17) is 19.2 Å². The average molecular weight is 634 g/mol. The zero-order valence-electron chi connectivity index (χ0n) is 22.4. The van der Waals surface area contributed by atoms with Crippen molar-refractivity contribution in [3.05, 3.63) is 119 Å². The fourth-order valence-electron chi connectivity index (χ4n) is 4.56. The van der Waals surface area contributed by atoms with Gasteiger partial charge in [-0.05, 0) is 64.3 Å². The third-order valence-corrected chi connectivity index (χ3v) is 7.89.